The number of rotatable bonds is 18. The number of nitrogens with zero attached hydrogens (tertiary/aromatic N) is 12. The number of ether oxygens (including phenoxy) is 7. The molecule has 21 rings (SSSR count). The third kappa shape index (κ3) is 19.8. The van der Waals surface area contributed by atoms with Gasteiger partial charge in [-0.15, -0.1) is 0 Å². The van der Waals surface area contributed by atoms with Crippen molar-refractivity contribution in [3.63, 3.8) is 0 Å². The average molecular weight is 2120 g/mol. The van der Waals surface area contributed by atoms with E-state index in [0.717, 1.165) is 63.3 Å². The lowest BCUT2D eigenvalue weighted by molar-refractivity contribution is 0.0252. The number of H-pyrrole nitrogens is 1. The summed E-state index contributed by atoms with van der Waals surface area (Å²) in [5, 5.41) is 22.7. The van der Waals surface area contributed by atoms with Crippen LogP contribution in [0.4, 0.5) is 30.2 Å². The number of morpholine rings is 3. The fourth-order valence-electron chi connectivity index (χ4n) is 16.9. The zero-order valence-electron chi connectivity index (χ0n) is 72.2. The van der Waals surface area contributed by atoms with Gasteiger partial charge in [0.1, 0.15) is 58.9 Å². The van der Waals surface area contributed by atoms with Crippen LogP contribution in [0, 0.1) is 43.8 Å². The molecule has 13 heterocycles. The van der Waals surface area contributed by atoms with Crippen molar-refractivity contribution in [3.05, 3.63) is 297 Å². The molecule has 688 valence electrons. The molecule has 0 unspecified atom stereocenters. The van der Waals surface area contributed by atoms with Crippen molar-refractivity contribution in [3.8, 4) is 79.7 Å². The molecule has 0 amide bonds. The number of aromatic nitrogens is 8. The van der Waals surface area contributed by atoms with Crippen molar-refractivity contribution in [2.24, 2.45) is 0 Å². The van der Waals surface area contributed by atoms with E-state index in [4.69, 9.17) is 33.2 Å². The third-order valence-electron chi connectivity index (χ3n) is 23.8. The summed E-state index contributed by atoms with van der Waals surface area (Å²) in [5.74, 6) is -0.0473. The summed E-state index contributed by atoms with van der Waals surface area (Å²) in [7, 11) is -11.8. The van der Waals surface area contributed by atoms with Gasteiger partial charge < -0.3 is 52.8 Å². The lowest BCUT2D eigenvalue weighted by Crippen LogP contribution is -2.36. The van der Waals surface area contributed by atoms with E-state index in [1.54, 1.807) is 164 Å². The lowest BCUT2D eigenvalue weighted by Gasteiger charge is -2.29. The number of anilines is 3. The Morgan fingerprint density at radius 1 is 0.378 bits per heavy atom. The molecule has 16 aromatic rings. The predicted molar refractivity (Wildman–Crippen MR) is 525 cm³/mol. The van der Waals surface area contributed by atoms with Crippen LogP contribution in [0.3, 0.4) is 0 Å². The van der Waals surface area contributed by atoms with Crippen LogP contribution >= 0.6 is 54.5 Å². The molecule has 0 spiro atoms. The number of nitriles is 2. The van der Waals surface area contributed by atoms with Crippen molar-refractivity contribution in [1.29, 1.82) is 10.5 Å². The van der Waals surface area contributed by atoms with Crippen LogP contribution in [0.5, 0.6) is 11.5 Å². The smallest absolute Gasteiger partial charge is 0.270 e. The standard InChI is InChI=1S/C35H31FN4O5S.C29H27FN4O3.C23H19BrFN3O3S.C13H8BrIN2O2S/c36-31-21-25(6-8-32(31)39-14-18-44-19-15-39)33-22-30-29(10-13-38-35(30)40(33)46(41,42)28-4-2-1-3-5-28)24-7-9-34(26(20-24)23-37)45-27-11-16-43-17-12-27;30-25-16-20(1-3-27(25)34-9-13-36-14-10-34)26-17-24-23(5-8-32-29(24)33-26)19-2-4-28(21(15-19)18-31)37-22-6-11-35-12-7-22;24-19-8-9-26-23-18(19)15-22(28(23)32(29,30)17-4-2-1-3-5-17)16-6-7-21(20(25)14-16)27-10-12-31-13-11-27;14-11-6-7-16-13-10(11)8-12(15)17(13)20(18,19)9-4-2-1-3-5-9/h1-10,13,20-22,27H,11-12,14-19H2;1-5,8,15-17,22H,6-7,9-14H2,(H,32,33);1-9,14-15H,10-13H2;1-8H. The fraction of sp³-hybridized carbons (Fsp3) is 0.220. The van der Waals surface area contributed by atoms with Crippen LogP contribution in [0.2, 0.25) is 0 Å². The van der Waals surface area contributed by atoms with Crippen LogP contribution in [0.15, 0.2) is 279 Å². The van der Waals surface area contributed by atoms with E-state index in [1.165, 1.54) is 54.5 Å². The topological polar surface area (TPSA) is 306 Å². The number of hydrogen-bond acceptors (Lipinski definition) is 22. The molecule has 0 aliphatic carbocycles. The first-order valence-electron chi connectivity index (χ1n) is 43.4. The molecule has 8 aromatic heterocycles. The van der Waals surface area contributed by atoms with Gasteiger partial charge >= 0.3 is 0 Å². The van der Waals surface area contributed by atoms with Crippen LogP contribution in [-0.4, -0.2) is 180 Å². The molecule has 8 aromatic carbocycles. The maximum atomic E-state index is 15.7. The first-order valence-corrected chi connectivity index (χ1v) is 50.4. The van der Waals surface area contributed by atoms with Gasteiger partial charge in [0, 0.05) is 143 Å². The summed E-state index contributed by atoms with van der Waals surface area (Å²) in [6, 6.07) is 69.5. The number of halogens is 6. The van der Waals surface area contributed by atoms with Crippen molar-refractivity contribution < 1.29 is 71.6 Å². The van der Waals surface area contributed by atoms with Crippen LogP contribution in [0.1, 0.15) is 36.8 Å². The van der Waals surface area contributed by atoms with Gasteiger partial charge in [-0.05, 0) is 222 Å². The number of benzene rings is 8. The quantitative estimate of drug-likeness (QED) is 0.0780. The molecule has 0 radical (unpaired) electrons. The monoisotopic (exact) mass is 2110 g/mol. The Morgan fingerprint density at radius 3 is 1.15 bits per heavy atom. The highest BCUT2D eigenvalue weighted by Crippen LogP contribution is 2.43. The molecular weight excluding hydrogens is 2030 g/mol. The van der Waals surface area contributed by atoms with E-state index < -0.39 is 41.7 Å². The van der Waals surface area contributed by atoms with Crippen LogP contribution in [0.25, 0.3) is 100 Å². The van der Waals surface area contributed by atoms with E-state index in [2.05, 4.69) is 68.9 Å². The summed E-state index contributed by atoms with van der Waals surface area (Å²) in [6.07, 6.45) is 9.55. The zero-order valence-corrected chi connectivity index (χ0v) is 80.0. The zero-order chi connectivity index (χ0) is 93.5. The van der Waals surface area contributed by atoms with E-state index in [0.29, 0.717) is 203 Å². The van der Waals surface area contributed by atoms with Gasteiger partial charge in [-0.1, -0.05) is 84.9 Å². The van der Waals surface area contributed by atoms with Gasteiger partial charge in [-0.25, -0.2) is 70.3 Å². The molecule has 0 bridgehead atoms. The van der Waals surface area contributed by atoms with Crippen molar-refractivity contribution in [2.45, 2.75) is 52.6 Å². The molecule has 5 aliphatic heterocycles. The largest absolute Gasteiger partial charge is 0.489 e. The summed E-state index contributed by atoms with van der Waals surface area (Å²) < 4.78 is 172. The maximum absolute atomic E-state index is 15.7. The van der Waals surface area contributed by atoms with Crippen molar-refractivity contribution in [2.75, 3.05) is 120 Å². The predicted octanol–water partition coefficient (Wildman–Crippen LogP) is 19.6. The van der Waals surface area contributed by atoms with Gasteiger partial charge in [-0.3, -0.25) is 0 Å². The molecule has 135 heavy (non-hydrogen) atoms. The second kappa shape index (κ2) is 41.1. The minimum atomic E-state index is -4.16. The van der Waals surface area contributed by atoms with Gasteiger partial charge in [0.2, 0.25) is 0 Å². The van der Waals surface area contributed by atoms with Gasteiger partial charge in [0.05, 0.1) is 124 Å². The lowest BCUT2D eigenvalue weighted by atomic mass is 10.0. The molecule has 35 heteroatoms. The highest BCUT2D eigenvalue weighted by atomic mass is 127. The second-order valence-electron chi connectivity index (χ2n) is 32.0. The summed E-state index contributed by atoms with van der Waals surface area (Å²) in [6.45, 7) is 9.61. The summed E-state index contributed by atoms with van der Waals surface area (Å²) in [5.41, 5.74) is 10.1. The Balaban J connectivity index is 0.000000124. The molecule has 1 N–H and O–H groups in total. The van der Waals surface area contributed by atoms with Gasteiger partial charge in [-0.2, -0.15) is 10.5 Å². The molecule has 0 saturated carbocycles. The fourth-order valence-corrected chi connectivity index (χ4v) is 23.4. The first kappa shape index (κ1) is 93.1. The molecule has 0 atom stereocenters. The number of hydrogen-bond donors (Lipinski definition) is 1. The Bertz CT molecular complexity index is 7560. The van der Waals surface area contributed by atoms with E-state index in [-0.39, 0.29) is 49.7 Å². The molecule has 5 fully saturated rings. The van der Waals surface area contributed by atoms with Crippen LogP contribution < -0.4 is 24.2 Å². The van der Waals surface area contributed by atoms with Crippen molar-refractivity contribution >= 4 is 146 Å². The second-order valence-corrected chi connectivity index (χ2v) is 40.2. The number of pyridine rings is 4. The van der Waals surface area contributed by atoms with Crippen molar-refractivity contribution in [1.82, 2.24) is 36.8 Å². The number of nitrogens with one attached hydrogen (secondary N) is 1. The van der Waals surface area contributed by atoms with E-state index >= 15 is 13.2 Å². The Labute approximate surface area is 807 Å². The molecule has 26 nitrogen and oxygen atoms in total. The minimum absolute atomic E-state index is 0.0332. The Kier molecular flexibility index (Phi) is 28.3. The number of aromatic amines is 1. The first-order chi connectivity index (χ1) is 65.6. The van der Waals surface area contributed by atoms with E-state index in [9.17, 15) is 35.8 Å². The summed E-state index contributed by atoms with van der Waals surface area (Å²) in [4.78, 5) is 27.2. The Morgan fingerprint density at radius 2 is 0.726 bits per heavy atom. The molecule has 5 aliphatic rings. The molecular formula is C100H85Br2F3IN13O13S3. The maximum Gasteiger partial charge on any atom is 0.270 e. The third-order valence-corrected chi connectivity index (χ3v) is 31.4. The number of fused-ring (bicyclic) bond motifs is 4. The SMILES string of the molecule is N#Cc1cc(-c2ccnc3[nH]c(-c4ccc(N5CCOCC5)c(F)c4)cc23)ccc1OC1CCOCC1.N#Cc1cc(-c2ccnc3c2cc(-c2ccc(N4CCOCC4)c(F)c2)n3S(=O)(=O)c2ccccc2)ccc1OC1CCOCC1.O=S(=O)(c1ccccc1)n1c(-c2ccc(N3CCOCC3)c(F)c2)cc2c(Br)ccnc21.O=S(=O)(c1ccccc1)n1c(I)cc2c(Br)ccnc21. The summed E-state index contributed by atoms with van der Waals surface area (Å²) >= 11 is 8.90. The minimum Gasteiger partial charge on any atom is -0.489 e. The Hall–Kier alpha value is -12.4. The van der Waals surface area contributed by atoms with Gasteiger partial charge in [0.15, 0.2) is 16.9 Å². The highest BCUT2D eigenvalue weighted by molar-refractivity contribution is 14.1. The average Bonchev–Trinajstić information content (AvgIpc) is 1.58. The molecule has 5 saturated heterocycles. The normalized spacial score (nSPS) is 15.2. The van der Waals surface area contributed by atoms with Gasteiger partial charge in [0.25, 0.3) is 30.1 Å². The van der Waals surface area contributed by atoms with E-state index in [1.807, 2.05) is 85.8 Å². The highest BCUT2D eigenvalue weighted by Gasteiger charge is 2.32. The van der Waals surface area contributed by atoms with Crippen LogP contribution in [-0.2, 0) is 53.8 Å².